The Labute approximate surface area is 206 Å². The lowest BCUT2D eigenvalue weighted by atomic mass is 9.94. The molecule has 1 aromatic carbocycles. The Bertz CT molecular complexity index is 1360. The molecule has 12 nitrogen and oxygen atoms in total. The molecule has 1 fully saturated rings. The van der Waals surface area contributed by atoms with E-state index in [4.69, 9.17) is 14.5 Å². The van der Waals surface area contributed by atoms with Crippen LogP contribution in [0.25, 0.3) is 10.8 Å². The van der Waals surface area contributed by atoms with Gasteiger partial charge in [0.15, 0.2) is 0 Å². The number of ether oxygens (including phenoxy) is 1. The summed E-state index contributed by atoms with van der Waals surface area (Å²) in [6, 6.07) is 7.69. The number of piperidine rings is 1. The molecule has 4 N–H and O–H groups in total. The van der Waals surface area contributed by atoms with Crippen molar-refractivity contribution in [1.29, 1.82) is 0 Å². The van der Waals surface area contributed by atoms with Crippen LogP contribution in [0.1, 0.15) is 19.3 Å². The number of carbonyl (C=O) groups excluding carboxylic acids is 1. The topological polar surface area (TPSA) is 167 Å². The zero-order chi connectivity index (χ0) is 25.9. The zero-order valence-electron chi connectivity index (χ0n) is 19.7. The highest BCUT2D eigenvalue weighted by molar-refractivity contribution is 7.51. The van der Waals surface area contributed by atoms with Crippen LogP contribution in [0.3, 0.4) is 0 Å². The maximum Gasteiger partial charge on any atom is 0.325 e. The second-order valence-electron chi connectivity index (χ2n) is 8.77. The van der Waals surface area contributed by atoms with Gasteiger partial charge in [-0.05, 0) is 37.3 Å². The van der Waals surface area contributed by atoms with Crippen LogP contribution >= 0.6 is 7.60 Å². The number of fused-ring (bicyclic) bond motifs is 1. The number of nitrogens with one attached hydrogen (secondary N) is 1. The van der Waals surface area contributed by atoms with E-state index >= 15 is 0 Å². The van der Waals surface area contributed by atoms with Gasteiger partial charge in [0.25, 0.3) is 5.56 Å². The average Bonchev–Trinajstić information content (AvgIpc) is 2.83. The first kappa shape index (κ1) is 25.6. The number of aromatic hydroxyl groups is 1. The van der Waals surface area contributed by atoms with Crippen molar-refractivity contribution in [2.24, 2.45) is 5.92 Å². The van der Waals surface area contributed by atoms with Gasteiger partial charge in [-0.15, -0.1) is 0 Å². The minimum absolute atomic E-state index is 0.00367. The lowest BCUT2D eigenvalue weighted by Gasteiger charge is -2.33. The van der Waals surface area contributed by atoms with Crippen molar-refractivity contribution in [2.45, 2.75) is 25.8 Å². The molecular formula is C23H28N5O7P. The van der Waals surface area contributed by atoms with Gasteiger partial charge in [-0.25, -0.2) is 4.68 Å². The van der Waals surface area contributed by atoms with Crippen molar-refractivity contribution in [3.63, 3.8) is 0 Å². The third-order valence-electron chi connectivity index (χ3n) is 6.17. The number of hydrogen-bond donors (Lipinski definition) is 4. The summed E-state index contributed by atoms with van der Waals surface area (Å²) in [5.74, 6) is 0.437. The fourth-order valence-electron chi connectivity index (χ4n) is 4.31. The summed E-state index contributed by atoms with van der Waals surface area (Å²) >= 11 is 0. The minimum Gasteiger partial charge on any atom is -0.508 e. The highest BCUT2D eigenvalue weighted by Gasteiger charge is 2.26. The Morgan fingerprint density at radius 1 is 1.25 bits per heavy atom. The van der Waals surface area contributed by atoms with Gasteiger partial charge in [-0.1, -0.05) is 6.07 Å². The van der Waals surface area contributed by atoms with Crippen LogP contribution in [-0.2, 0) is 15.9 Å². The third kappa shape index (κ3) is 6.20. The largest absolute Gasteiger partial charge is 0.508 e. The van der Waals surface area contributed by atoms with E-state index in [9.17, 15) is 19.3 Å². The molecule has 1 amide bonds. The van der Waals surface area contributed by atoms with Gasteiger partial charge in [0.2, 0.25) is 11.8 Å². The summed E-state index contributed by atoms with van der Waals surface area (Å²) in [4.78, 5) is 50.7. The molecule has 3 heterocycles. The maximum absolute atomic E-state index is 13.4. The van der Waals surface area contributed by atoms with E-state index in [1.807, 2.05) is 4.90 Å². The molecule has 3 aromatic rings. The molecule has 0 atom stereocenters. The number of pyridine rings is 1. The molecule has 0 aliphatic carbocycles. The van der Waals surface area contributed by atoms with Crippen molar-refractivity contribution in [3.05, 3.63) is 46.9 Å². The van der Waals surface area contributed by atoms with Crippen LogP contribution in [-0.4, -0.2) is 61.9 Å². The molecule has 192 valence electrons. The van der Waals surface area contributed by atoms with Crippen LogP contribution in [0.15, 0.2) is 41.3 Å². The van der Waals surface area contributed by atoms with Gasteiger partial charge in [0.1, 0.15) is 18.1 Å². The van der Waals surface area contributed by atoms with Gasteiger partial charge in [0.05, 0.1) is 24.9 Å². The maximum atomic E-state index is 13.4. The van der Waals surface area contributed by atoms with Gasteiger partial charge in [-0.2, -0.15) is 10.1 Å². The van der Waals surface area contributed by atoms with Crippen LogP contribution in [0.5, 0.6) is 11.6 Å². The number of anilines is 2. The number of phenolic OH excluding ortho intramolecular Hbond substituents is 1. The van der Waals surface area contributed by atoms with Gasteiger partial charge >= 0.3 is 7.60 Å². The standard InChI is InChI=1S/C23H28N5O7P/c1-35-20-11-16-13-24-28(14-19(30)25-17-3-2-4-18(29)12-17)23(31)21(16)22(26-20)27-8-5-15(6-9-27)7-10-36(32,33)34/h2-4,11-13,15,29H,5-10,14H2,1H3,(H,25,30)(H2,32,33,34). The number of benzene rings is 1. The molecule has 0 unspecified atom stereocenters. The molecular weight excluding hydrogens is 489 g/mol. The summed E-state index contributed by atoms with van der Waals surface area (Å²) in [5, 5.41) is 17.2. The molecule has 0 bridgehead atoms. The van der Waals surface area contributed by atoms with Crippen LogP contribution in [0, 0.1) is 5.92 Å². The Hall–Kier alpha value is -3.47. The highest BCUT2D eigenvalue weighted by Crippen LogP contribution is 2.38. The average molecular weight is 517 g/mol. The van der Waals surface area contributed by atoms with Gasteiger partial charge < -0.3 is 29.8 Å². The van der Waals surface area contributed by atoms with Gasteiger partial charge in [0, 0.05) is 36.3 Å². The fraction of sp³-hybridized carbons (Fsp3) is 0.391. The molecule has 0 radical (unpaired) electrons. The molecule has 1 aliphatic rings. The van der Waals surface area contributed by atoms with E-state index in [0.29, 0.717) is 60.5 Å². The number of hydrogen-bond acceptors (Lipinski definition) is 8. The molecule has 4 rings (SSSR count). The third-order valence-corrected chi connectivity index (χ3v) is 7.01. The Kier molecular flexibility index (Phi) is 7.58. The SMILES string of the molecule is COc1cc2cnn(CC(=O)Nc3cccc(O)c3)c(=O)c2c(N2CCC(CCP(=O)(O)O)CC2)n1. The molecule has 0 spiro atoms. The van der Waals surface area contributed by atoms with Crippen LogP contribution in [0.4, 0.5) is 11.5 Å². The van der Waals surface area contributed by atoms with Crippen molar-refractivity contribution >= 4 is 35.8 Å². The van der Waals surface area contributed by atoms with Crippen molar-refractivity contribution < 1.29 is 29.0 Å². The van der Waals surface area contributed by atoms with Crippen molar-refractivity contribution in [3.8, 4) is 11.6 Å². The van der Waals surface area contributed by atoms with Crippen LogP contribution in [0.2, 0.25) is 0 Å². The van der Waals surface area contributed by atoms with Crippen molar-refractivity contribution in [2.75, 3.05) is 36.6 Å². The van der Waals surface area contributed by atoms with E-state index in [1.165, 1.54) is 25.4 Å². The quantitative estimate of drug-likeness (QED) is 0.324. The lowest BCUT2D eigenvalue weighted by molar-refractivity contribution is -0.117. The monoisotopic (exact) mass is 517 g/mol. The van der Waals surface area contributed by atoms with E-state index in [-0.39, 0.29) is 24.4 Å². The molecule has 0 saturated carbocycles. The predicted octanol–water partition coefficient (Wildman–Crippen LogP) is 1.93. The molecule has 13 heteroatoms. The van der Waals surface area contributed by atoms with E-state index in [0.717, 1.165) is 4.68 Å². The summed E-state index contributed by atoms with van der Waals surface area (Å²) in [6.07, 6.45) is 3.19. The molecule has 36 heavy (non-hydrogen) atoms. The van der Waals surface area contributed by atoms with Crippen LogP contribution < -0.4 is 20.5 Å². The molecule has 1 aliphatic heterocycles. The smallest absolute Gasteiger partial charge is 0.325 e. The Balaban J connectivity index is 1.57. The zero-order valence-corrected chi connectivity index (χ0v) is 20.6. The number of amides is 1. The normalized spacial score (nSPS) is 14.7. The summed E-state index contributed by atoms with van der Waals surface area (Å²) < 4.78 is 17.6. The first-order chi connectivity index (χ1) is 17.1. The van der Waals surface area contributed by atoms with Gasteiger partial charge in [-0.3, -0.25) is 14.2 Å². The fourth-order valence-corrected chi connectivity index (χ4v) is 5.01. The summed E-state index contributed by atoms with van der Waals surface area (Å²) in [5.41, 5.74) is -0.0881. The highest BCUT2D eigenvalue weighted by atomic mass is 31.2. The number of nitrogens with zero attached hydrogens (tertiary/aromatic N) is 4. The predicted molar refractivity (Wildman–Crippen MR) is 134 cm³/mol. The minimum atomic E-state index is -4.04. The second-order valence-corrected chi connectivity index (χ2v) is 10.5. The Morgan fingerprint density at radius 2 is 2.00 bits per heavy atom. The number of aromatic nitrogens is 3. The Morgan fingerprint density at radius 3 is 2.67 bits per heavy atom. The van der Waals surface area contributed by atoms with E-state index < -0.39 is 19.1 Å². The number of rotatable bonds is 8. The first-order valence-corrected chi connectivity index (χ1v) is 13.3. The molecule has 1 saturated heterocycles. The summed E-state index contributed by atoms with van der Waals surface area (Å²) in [7, 11) is -2.56. The van der Waals surface area contributed by atoms with E-state index in [2.05, 4.69) is 15.4 Å². The van der Waals surface area contributed by atoms with Crippen molar-refractivity contribution in [1.82, 2.24) is 14.8 Å². The second kappa shape index (κ2) is 10.7. The van der Waals surface area contributed by atoms with E-state index in [1.54, 1.807) is 18.2 Å². The number of methoxy groups -OCH3 is 1. The number of carbonyl (C=O) groups is 1. The lowest BCUT2D eigenvalue weighted by Crippen LogP contribution is -2.36. The first-order valence-electron chi connectivity index (χ1n) is 11.5. The molecule has 2 aromatic heterocycles. The number of phenols is 1. The summed E-state index contributed by atoms with van der Waals surface area (Å²) in [6.45, 7) is 0.780.